The second-order valence-electron chi connectivity index (χ2n) is 13.8. The first-order valence-electron chi connectivity index (χ1n) is 17.5. The van der Waals surface area contributed by atoms with Gasteiger partial charge >= 0.3 is 0 Å². The summed E-state index contributed by atoms with van der Waals surface area (Å²) in [7, 11) is -5.45. The predicted molar refractivity (Wildman–Crippen MR) is 211 cm³/mol. The Morgan fingerprint density at radius 3 is 1.04 bits per heavy atom. The van der Waals surface area contributed by atoms with Crippen LogP contribution in [0.25, 0.3) is 33.9 Å². The molecule has 0 spiro atoms. The van der Waals surface area contributed by atoms with Crippen molar-refractivity contribution in [2.24, 2.45) is 0 Å². The number of nitrogens with zero attached hydrogens (tertiary/aromatic N) is 4. The highest BCUT2D eigenvalue weighted by Crippen LogP contribution is 2.37. The Balaban J connectivity index is 1.17. The lowest BCUT2D eigenvalue weighted by atomic mass is 10.1. The first-order valence-corrected chi connectivity index (χ1v) is 21.5. The summed E-state index contributed by atoms with van der Waals surface area (Å²) in [5.74, 6) is 0. The van der Waals surface area contributed by atoms with E-state index < -0.39 is 16.1 Å². The number of benzene rings is 4. The van der Waals surface area contributed by atoms with Crippen molar-refractivity contribution < 1.29 is 0 Å². The summed E-state index contributed by atoms with van der Waals surface area (Å²) < 4.78 is 0. The number of hydrogen-bond acceptors (Lipinski definition) is 4. The Hall–Kier alpha value is -6.09. The van der Waals surface area contributed by atoms with Gasteiger partial charge in [-0.25, -0.2) is 0 Å². The maximum atomic E-state index is 4.95. The molecular formula is C45H30N4Si2. The van der Waals surface area contributed by atoms with Gasteiger partial charge in [0.15, 0.2) is 16.1 Å². The van der Waals surface area contributed by atoms with Crippen molar-refractivity contribution in [1.82, 2.24) is 19.9 Å². The predicted octanol–water partition coefficient (Wildman–Crippen LogP) is 3.55. The first kappa shape index (κ1) is 28.7. The van der Waals surface area contributed by atoms with Crippen LogP contribution in [0.3, 0.4) is 0 Å². The second-order valence-corrected chi connectivity index (χ2v) is 21.2. The monoisotopic (exact) mass is 682 g/mol. The molecule has 0 radical (unpaired) electrons. The Morgan fingerprint density at radius 2 is 0.686 bits per heavy atom. The average Bonchev–Trinajstić information content (AvgIpc) is 3.83. The molecule has 11 rings (SSSR count). The molecule has 4 nitrogen and oxygen atoms in total. The third-order valence-electron chi connectivity index (χ3n) is 11.5. The van der Waals surface area contributed by atoms with Gasteiger partial charge in [0.1, 0.15) is 0 Å². The summed E-state index contributed by atoms with van der Waals surface area (Å²) in [4.78, 5) is 19.8. The number of fused-ring (bicyclic) bond motifs is 9. The van der Waals surface area contributed by atoms with Crippen LogP contribution in [0.15, 0.2) is 170 Å². The standard InChI is InChI=1S/C45H30N4Si2/c1-3-11-32(12-4-1)50(38-15-7-23-46-42(38)43-39(50)16-8-24-47-43)34-21-19-30-27-31-20-22-35(29-37(31)36(30)28-34)51(33-13-5-2-6-14-33)40-17-9-25-48-44(40)45-41(51)18-10-26-49-45/h1-26,28-29H,27H2. The Bertz CT molecular complexity index is 2420. The summed E-state index contributed by atoms with van der Waals surface area (Å²) in [5.41, 5.74) is 9.50. The minimum atomic E-state index is -2.72. The van der Waals surface area contributed by atoms with Gasteiger partial charge < -0.3 is 0 Å². The number of aromatic nitrogens is 4. The quantitative estimate of drug-likeness (QED) is 0.267. The van der Waals surface area contributed by atoms with E-state index in [1.807, 2.05) is 24.8 Å². The molecule has 238 valence electrons. The lowest BCUT2D eigenvalue weighted by Gasteiger charge is -2.31. The van der Waals surface area contributed by atoms with Gasteiger partial charge in [-0.3, -0.25) is 19.9 Å². The van der Waals surface area contributed by atoms with Gasteiger partial charge in [0.05, 0.1) is 22.8 Å². The molecule has 4 aromatic carbocycles. The minimum Gasteiger partial charge on any atom is -0.255 e. The van der Waals surface area contributed by atoms with Gasteiger partial charge in [0.2, 0.25) is 0 Å². The normalized spacial score (nSPS) is 14.9. The first-order chi connectivity index (χ1) is 25.3. The molecule has 2 aliphatic heterocycles. The molecule has 3 aliphatic rings. The van der Waals surface area contributed by atoms with Crippen LogP contribution in [-0.4, -0.2) is 36.1 Å². The summed E-state index contributed by atoms with van der Waals surface area (Å²) in [6.07, 6.45) is 8.56. The maximum Gasteiger partial charge on any atom is 0.184 e. The molecule has 8 aromatic rings. The van der Waals surface area contributed by atoms with Crippen molar-refractivity contribution in [1.29, 1.82) is 0 Å². The highest BCUT2D eigenvalue weighted by Gasteiger charge is 2.52. The van der Waals surface area contributed by atoms with Crippen molar-refractivity contribution in [3.63, 3.8) is 0 Å². The third-order valence-corrected chi connectivity index (χ3v) is 21.1. The molecule has 0 amide bonds. The molecule has 51 heavy (non-hydrogen) atoms. The van der Waals surface area contributed by atoms with Gasteiger partial charge in [-0.1, -0.05) is 121 Å². The lowest BCUT2D eigenvalue weighted by Crippen LogP contribution is -2.73. The second kappa shape index (κ2) is 10.7. The van der Waals surface area contributed by atoms with Crippen LogP contribution in [0.1, 0.15) is 11.1 Å². The molecule has 0 saturated carbocycles. The van der Waals surface area contributed by atoms with E-state index in [2.05, 4.69) is 146 Å². The van der Waals surface area contributed by atoms with Crippen LogP contribution in [0.4, 0.5) is 0 Å². The molecule has 4 aromatic heterocycles. The summed E-state index contributed by atoms with van der Waals surface area (Å²) in [5, 5.41) is 10.7. The Kier molecular flexibility index (Phi) is 6.03. The summed E-state index contributed by atoms with van der Waals surface area (Å²) in [6, 6.07) is 54.5. The summed E-state index contributed by atoms with van der Waals surface area (Å²) >= 11 is 0. The van der Waals surface area contributed by atoms with E-state index in [4.69, 9.17) is 19.9 Å². The highest BCUT2D eigenvalue weighted by atomic mass is 28.3. The number of hydrogen-bond donors (Lipinski definition) is 0. The van der Waals surface area contributed by atoms with E-state index >= 15 is 0 Å². The number of pyridine rings is 4. The molecule has 0 fully saturated rings. The Labute approximate surface area is 298 Å². The van der Waals surface area contributed by atoms with Gasteiger partial charge in [-0.05, 0) is 94.4 Å². The van der Waals surface area contributed by atoms with Crippen LogP contribution in [0.5, 0.6) is 0 Å². The molecule has 0 unspecified atom stereocenters. The molecule has 0 atom stereocenters. The average molecular weight is 683 g/mol. The van der Waals surface area contributed by atoms with E-state index in [1.165, 1.54) is 63.7 Å². The largest absolute Gasteiger partial charge is 0.255 e. The van der Waals surface area contributed by atoms with Crippen molar-refractivity contribution in [2.45, 2.75) is 6.42 Å². The fourth-order valence-corrected chi connectivity index (χ4v) is 19.5. The smallest absolute Gasteiger partial charge is 0.184 e. The Morgan fingerprint density at radius 1 is 0.333 bits per heavy atom. The van der Waals surface area contributed by atoms with E-state index in [0.717, 1.165) is 29.2 Å². The zero-order valence-corrected chi connectivity index (χ0v) is 29.7. The van der Waals surface area contributed by atoms with Crippen molar-refractivity contribution in [3.05, 3.63) is 182 Å². The summed E-state index contributed by atoms with van der Waals surface area (Å²) in [6.45, 7) is 0. The topological polar surface area (TPSA) is 51.6 Å². The molecule has 1 aliphatic carbocycles. The van der Waals surface area contributed by atoms with Gasteiger partial charge in [-0.15, -0.1) is 0 Å². The molecular weight excluding hydrogens is 653 g/mol. The van der Waals surface area contributed by atoms with Crippen molar-refractivity contribution >= 4 is 57.6 Å². The molecule has 6 heteroatoms. The van der Waals surface area contributed by atoms with Crippen molar-refractivity contribution in [3.8, 4) is 33.9 Å². The van der Waals surface area contributed by atoms with Crippen molar-refractivity contribution in [2.75, 3.05) is 0 Å². The van der Waals surface area contributed by atoms with Gasteiger partial charge in [-0.2, -0.15) is 0 Å². The van der Waals surface area contributed by atoms with Crippen LogP contribution in [0, 0.1) is 0 Å². The van der Waals surface area contributed by atoms with Gasteiger partial charge in [0, 0.05) is 24.8 Å². The fourth-order valence-electron chi connectivity index (χ4n) is 9.46. The van der Waals surface area contributed by atoms with E-state index in [-0.39, 0.29) is 0 Å². The van der Waals surface area contributed by atoms with Crippen LogP contribution >= 0.6 is 0 Å². The molecule has 6 heterocycles. The molecule has 0 N–H and O–H groups in total. The van der Waals surface area contributed by atoms with E-state index in [9.17, 15) is 0 Å². The van der Waals surface area contributed by atoms with E-state index in [1.54, 1.807) is 0 Å². The zero-order valence-electron chi connectivity index (χ0n) is 27.7. The maximum absolute atomic E-state index is 4.95. The third kappa shape index (κ3) is 3.72. The minimum absolute atomic E-state index is 0.928. The van der Waals surface area contributed by atoms with Crippen LogP contribution in [-0.2, 0) is 6.42 Å². The van der Waals surface area contributed by atoms with Crippen LogP contribution in [0.2, 0.25) is 0 Å². The molecule has 0 saturated heterocycles. The lowest BCUT2D eigenvalue weighted by molar-refractivity contribution is 1.27. The van der Waals surface area contributed by atoms with E-state index in [0.29, 0.717) is 0 Å². The fraction of sp³-hybridized carbons (Fsp3) is 0.0222. The van der Waals surface area contributed by atoms with Crippen LogP contribution < -0.4 is 41.5 Å². The number of rotatable bonds is 4. The zero-order chi connectivity index (χ0) is 33.6. The molecule has 0 bridgehead atoms. The highest BCUT2D eigenvalue weighted by molar-refractivity contribution is 7.22. The van der Waals surface area contributed by atoms with Gasteiger partial charge in [0.25, 0.3) is 0 Å². The SMILES string of the molecule is c1ccc([Si]2(c3ccc4c(c3)-c3cc([Si]5(c6ccccc6)c6cccnc6-c6ncccc65)ccc3C4)c3cccnc3-c3ncccc32)cc1.